The summed E-state index contributed by atoms with van der Waals surface area (Å²) in [6.07, 6.45) is 3.19. The smallest absolute Gasteiger partial charge is 0.252 e. The van der Waals surface area contributed by atoms with Crippen LogP contribution in [0.1, 0.15) is 23.2 Å². The third kappa shape index (κ3) is 3.59. The van der Waals surface area contributed by atoms with Crippen molar-refractivity contribution < 1.29 is 9.90 Å². The van der Waals surface area contributed by atoms with E-state index in [0.717, 1.165) is 30.8 Å². The lowest BCUT2D eigenvalue weighted by molar-refractivity contribution is 0.0461. The van der Waals surface area contributed by atoms with Crippen molar-refractivity contribution in [1.82, 2.24) is 10.6 Å². The quantitative estimate of drug-likeness (QED) is 0.734. The first-order valence-corrected chi connectivity index (χ1v) is 8.74. The number of carbonyl (C=O) groups is 1. The highest BCUT2D eigenvalue weighted by Gasteiger charge is 2.39. The molecule has 1 aliphatic heterocycles. The van der Waals surface area contributed by atoms with Crippen LogP contribution >= 0.6 is 24.2 Å². The number of amides is 1. The lowest BCUT2D eigenvalue weighted by atomic mass is 9.77. The van der Waals surface area contributed by atoms with Gasteiger partial charge in [0.1, 0.15) is 0 Å². The molecule has 1 saturated carbocycles. The number of benzene rings is 1. The number of carbonyl (C=O) groups excluding carboxylic acids is 1. The van der Waals surface area contributed by atoms with Gasteiger partial charge in [-0.05, 0) is 56.2 Å². The van der Waals surface area contributed by atoms with Crippen LogP contribution in [0.25, 0.3) is 0 Å². The number of aliphatic hydroxyl groups excluding tert-OH is 1. The molecule has 2 fully saturated rings. The molecular formula is C16H23ClN2O2S. The molecule has 1 aromatic carbocycles. The van der Waals surface area contributed by atoms with Gasteiger partial charge in [-0.2, -0.15) is 0 Å². The Labute approximate surface area is 141 Å². The number of thioether (sulfide) groups is 1. The minimum atomic E-state index is -0.434. The zero-order valence-electron chi connectivity index (χ0n) is 12.6. The number of rotatable bonds is 3. The van der Waals surface area contributed by atoms with Crippen molar-refractivity contribution in [3.63, 3.8) is 0 Å². The maximum absolute atomic E-state index is 12.5. The molecule has 1 amide bonds. The fourth-order valence-electron chi connectivity index (χ4n) is 3.53. The van der Waals surface area contributed by atoms with Crippen molar-refractivity contribution in [3.05, 3.63) is 29.8 Å². The fourth-order valence-corrected chi connectivity index (χ4v) is 4.13. The number of nitrogens with one attached hydrogen (secondary N) is 2. The highest BCUT2D eigenvalue weighted by atomic mass is 35.5. The van der Waals surface area contributed by atoms with Gasteiger partial charge in [-0.1, -0.05) is 12.1 Å². The minimum Gasteiger partial charge on any atom is -0.391 e. The Morgan fingerprint density at radius 3 is 2.68 bits per heavy atom. The van der Waals surface area contributed by atoms with E-state index in [-0.39, 0.29) is 24.4 Å². The van der Waals surface area contributed by atoms with Crippen LogP contribution in [0.2, 0.25) is 0 Å². The maximum atomic E-state index is 12.5. The minimum absolute atomic E-state index is 0. The number of aliphatic hydroxyl groups is 1. The Kier molecular flexibility index (Phi) is 6.15. The van der Waals surface area contributed by atoms with Gasteiger partial charge in [0.15, 0.2) is 0 Å². The Morgan fingerprint density at radius 1 is 1.27 bits per heavy atom. The van der Waals surface area contributed by atoms with Crippen LogP contribution in [0.3, 0.4) is 0 Å². The van der Waals surface area contributed by atoms with Crippen LogP contribution in [0, 0.1) is 11.8 Å². The lowest BCUT2D eigenvalue weighted by Crippen LogP contribution is -2.49. The molecule has 3 rings (SSSR count). The summed E-state index contributed by atoms with van der Waals surface area (Å²) in [6.45, 7) is 2.00. The van der Waals surface area contributed by atoms with E-state index >= 15 is 0 Å². The molecule has 0 unspecified atom stereocenters. The summed E-state index contributed by atoms with van der Waals surface area (Å²) in [6, 6.07) is 7.48. The van der Waals surface area contributed by atoms with Crippen molar-refractivity contribution >= 4 is 30.1 Å². The van der Waals surface area contributed by atoms with Crippen molar-refractivity contribution in [2.75, 3.05) is 19.3 Å². The molecule has 1 saturated heterocycles. The first-order valence-electron chi connectivity index (χ1n) is 7.51. The summed E-state index contributed by atoms with van der Waals surface area (Å²) < 4.78 is 0. The zero-order chi connectivity index (χ0) is 14.8. The van der Waals surface area contributed by atoms with Crippen LogP contribution in [-0.4, -0.2) is 42.5 Å². The highest BCUT2D eigenvalue weighted by Crippen LogP contribution is 2.33. The molecule has 122 valence electrons. The summed E-state index contributed by atoms with van der Waals surface area (Å²) in [5, 5.41) is 16.7. The van der Waals surface area contributed by atoms with Crippen LogP contribution in [0.15, 0.2) is 29.2 Å². The fraction of sp³-hybridized carbons (Fsp3) is 0.562. The zero-order valence-corrected chi connectivity index (χ0v) is 14.3. The molecule has 3 N–H and O–H groups in total. The Morgan fingerprint density at radius 2 is 1.95 bits per heavy atom. The summed E-state index contributed by atoms with van der Waals surface area (Å²) in [5.41, 5.74) is 0.698. The van der Waals surface area contributed by atoms with E-state index in [4.69, 9.17) is 0 Å². The third-order valence-corrected chi connectivity index (χ3v) is 5.51. The first-order chi connectivity index (χ1) is 10.2. The van der Waals surface area contributed by atoms with Gasteiger partial charge >= 0.3 is 0 Å². The predicted molar refractivity (Wildman–Crippen MR) is 91.8 cm³/mol. The van der Waals surface area contributed by atoms with Crippen molar-refractivity contribution in [2.45, 2.75) is 29.9 Å². The molecule has 6 heteroatoms. The molecule has 22 heavy (non-hydrogen) atoms. The van der Waals surface area contributed by atoms with E-state index < -0.39 is 6.10 Å². The summed E-state index contributed by atoms with van der Waals surface area (Å²) >= 11 is 1.57. The van der Waals surface area contributed by atoms with Gasteiger partial charge in [0, 0.05) is 4.90 Å². The molecule has 1 aromatic rings. The van der Waals surface area contributed by atoms with Gasteiger partial charge in [-0.3, -0.25) is 4.79 Å². The van der Waals surface area contributed by atoms with Gasteiger partial charge in [-0.25, -0.2) is 0 Å². The Balaban J connectivity index is 0.00000176. The highest BCUT2D eigenvalue weighted by molar-refractivity contribution is 7.98. The molecule has 4 atom stereocenters. The monoisotopic (exact) mass is 342 g/mol. The van der Waals surface area contributed by atoms with Gasteiger partial charge < -0.3 is 15.7 Å². The van der Waals surface area contributed by atoms with E-state index in [2.05, 4.69) is 10.6 Å². The second-order valence-electron chi connectivity index (χ2n) is 6.00. The molecular weight excluding hydrogens is 320 g/mol. The molecule has 4 nitrogen and oxygen atoms in total. The van der Waals surface area contributed by atoms with Gasteiger partial charge in [0.05, 0.1) is 17.7 Å². The van der Waals surface area contributed by atoms with Crippen molar-refractivity contribution in [2.24, 2.45) is 11.8 Å². The number of hydrogen-bond acceptors (Lipinski definition) is 4. The number of hydrogen-bond donors (Lipinski definition) is 3. The summed E-state index contributed by atoms with van der Waals surface area (Å²) in [7, 11) is 0. The van der Waals surface area contributed by atoms with E-state index in [0.29, 0.717) is 17.4 Å². The Hall–Kier alpha value is -0.750. The largest absolute Gasteiger partial charge is 0.391 e. The maximum Gasteiger partial charge on any atom is 0.252 e. The molecule has 0 spiro atoms. The van der Waals surface area contributed by atoms with Crippen molar-refractivity contribution in [3.8, 4) is 0 Å². The average Bonchev–Trinajstić information content (AvgIpc) is 2.94. The molecule has 1 aliphatic carbocycles. The van der Waals surface area contributed by atoms with E-state index in [1.54, 1.807) is 11.8 Å². The molecule has 1 heterocycles. The van der Waals surface area contributed by atoms with Crippen LogP contribution in [0.4, 0.5) is 0 Å². The molecule has 0 bridgehead atoms. The molecule has 0 radical (unpaired) electrons. The lowest BCUT2D eigenvalue weighted by Gasteiger charge is -2.35. The second-order valence-corrected chi connectivity index (χ2v) is 6.85. The number of halogens is 1. The first kappa shape index (κ1) is 17.6. The molecule has 0 aromatic heterocycles. The average molecular weight is 343 g/mol. The normalized spacial score (nSPS) is 30.3. The standard InChI is InChI=1S/C16H22N2O2S.ClH/c1-21-15-5-3-2-4-12(15)16(20)18-13-6-10-8-17-9-11(10)7-14(13)19;/h2-5,10-11,13-14,17,19H,6-9H2,1H3,(H,18,20);1H/t10-,11+,13-,14-;/m0./s1. The summed E-state index contributed by atoms with van der Waals surface area (Å²) in [5.74, 6) is 1.06. The second kappa shape index (κ2) is 7.68. The van der Waals surface area contributed by atoms with E-state index in [9.17, 15) is 9.90 Å². The van der Waals surface area contributed by atoms with Gasteiger partial charge in [0.25, 0.3) is 5.91 Å². The van der Waals surface area contributed by atoms with Crippen LogP contribution in [-0.2, 0) is 0 Å². The van der Waals surface area contributed by atoms with Crippen molar-refractivity contribution in [1.29, 1.82) is 0 Å². The van der Waals surface area contributed by atoms with Gasteiger partial charge in [0.2, 0.25) is 0 Å². The van der Waals surface area contributed by atoms with Gasteiger partial charge in [-0.15, -0.1) is 24.2 Å². The summed E-state index contributed by atoms with van der Waals surface area (Å²) in [4.78, 5) is 13.5. The van der Waals surface area contributed by atoms with E-state index in [1.165, 1.54) is 0 Å². The molecule has 2 aliphatic rings. The predicted octanol–water partition coefficient (Wildman–Crippen LogP) is 1.92. The van der Waals surface area contributed by atoms with Crippen LogP contribution < -0.4 is 10.6 Å². The van der Waals surface area contributed by atoms with E-state index in [1.807, 2.05) is 30.5 Å². The topological polar surface area (TPSA) is 61.4 Å². The number of fused-ring (bicyclic) bond motifs is 1. The third-order valence-electron chi connectivity index (χ3n) is 4.71. The van der Waals surface area contributed by atoms with Crippen LogP contribution in [0.5, 0.6) is 0 Å². The SMILES string of the molecule is CSc1ccccc1C(=O)N[C@H]1C[C@H]2CNC[C@H]2C[C@@H]1O.Cl. The Bertz CT molecular complexity index is 529.